The zero-order valence-corrected chi connectivity index (χ0v) is 16.9. The van der Waals surface area contributed by atoms with E-state index in [2.05, 4.69) is 9.71 Å². The van der Waals surface area contributed by atoms with Gasteiger partial charge in [0.05, 0.1) is 31.0 Å². The maximum Gasteiger partial charge on any atom is 0.263 e. The van der Waals surface area contributed by atoms with Crippen LogP contribution in [-0.2, 0) is 14.8 Å². The fourth-order valence-corrected chi connectivity index (χ4v) is 4.08. The topological polar surface area (TPSA) is 100 Å². The molecule has 0 heterocycles. The SMILES string of the molecule is COCCN=C([O-])c1ccccc1NS(=O)(=O)c1ccc(OC)c(Cl)c1Cl. The van der Waals surface area contributed by atoms with Gasteiger partial charge < -0.3 is 14.6 Å². The van der Waals surface area contributed by atoms with Crippen LogP contribution in [0.2, 0.25) is 10.0 Å². The number of hydrogen-bond donors (Lipinski definition) is 1. The van der Waals surface area contributed by atoms with Gasteiger partial charge in [-0.3, -0.25) is 9.71 Å². The van der Waals surface area contributed by atoms with Crippen molar-refractivity contribution in [1.29, 1.82) is 0 Å². The first kappa shape index (κ1) is 21.3. The van der Waals surface area contributed by atoms with E-state index in [4.69, 9.17) is 32.7 Å². The van der Waals surface area contributed by atoms with Gasteiger partial charge in [-0.25, -0.2) is 8.42 Å². The Labute approximate surface area is 167 Å². The molecule has 0 bridgehead atoms. The second-order valence-electron chi connectivity index (χ2n) is 5.22. The second-order valence-corrected chi connectivity index (χ2v) is 7.63. The molecule has 0 atom stereocenters. The third-order valence-electron chi connectivity index (χ3n) is 3.47. The number of para-hydroxylation sites is 1. The van der Waals surface area contributed by atoms with Crippen LogP contribution >= 0.6 is 23.2 Å². The summed E-state index contributed by atoms with van der Waals surface area (Å²) in [6.07, 6.45) is 0. The third kappa shape index (κ3) is 5.04. The smallest absolute Gasteiger partial charge is 0.263 e. The number of methoxy groups -OCH3 is 2. The number of ether oxygens (including phenoxy) is 2. The van der Waals surface area contributed by atoms with E-state index in [1.807, 2.05) is 0 Å². The maximum absolute atomic E-state index is 12.8. The van der Waals surface area contributed by atoms with E-state index in [0.29, 0.717) is 0 Å². The molecule has 0 aliphatic carbocycles. The molecule has 146 valence electrons. The summed E-state index contributed by atoms with van der Waals surface area (Å²) in [5, 5.41) is 12.0. The van der Waals surface area contributed by atoms with Crippen molar-refractivity contribution in [2.45, 2.75) is 4.90 Å². The Morgan fingerprint density at radius 2 is 1.85 bits per heavy atom. The molecular weight excluding hydrogens is 415 g/mol. The van der Waals surface area contributed by atoms with Crippen molar-refractivity contribution in [2.75, 3.05) is 32.1 Å². The number of benzene rings is 2. The van der Waals surface area contributed by atoms with Crippen LogP contribution in [-0.4, -0.2) is 41.7 Å². The number of aliphatic imine (C=N–C) groups is 1. The van der Waals surface area contributed by atoms with Crippen LogP contribution in [0.25, 0.3) is 0 Å². The summed E-state index contributed by atoms with van der Waals surface area (Å²) in [6.45, 7) is 0.440. The summed E-state index contributed by atoms with van der Waals surface area (Å²) in [6, 6.07) is 8.78. The Morgan fingerprint density at radius 1 is 1.15 bits per heavy atom. The highest BCUT2D eigenvalue weighted by molar-refractivity contribution is 7.92. The van der Waals surface area contributed by atoms with Crippen LogP contribution in [0.3, 0.4) is 0 Å². The van der Waals surface area contributed by atoms with Gasteiger partial charge in [-0.05, 0) is 24.1 Å². The van der Waals surface area contributed by atoms with E-state index in [1.165, 1.54) is 38.5 Å². The lowest BCUT2D eigenvalue weighted by molar-refractivity contribution is -0.213. The van der Waals surface area contributed by atoms with Crippen molar-refractivity contribution in [3.8, 4) is 5.75 Å². The number of hydrogen-bond acceptors (Lipinski definition) is 6. The molecule has 0 saturated heterocycles. The summed E-state index contributed by atoms with van der Waals surface area (Å²) in [4.78, 5) is 3.60. The van der Waals surface area contributed by atoms with E-state index in [0.717, 1.165) is 0 Å². The minimum absolute atomic E-state index is 0.0269. The standard InChI is InChI=1S/C17H18Cl2N2O5S/c1-25-10-9-20-17(22)11-5-3-4-6-12(11)21-27(23,24)14-8-7-13(26-2)15(18)16(14)19/h3-8,21H,9-10H2,1-2H3,(H,20,22)/p-1. The largest absolute Gasteiger partial charge is 0.858 e. The summed E-state index contributed by atoms with van der Waals surface area (Å²) in [5.74, 6) is -0.322. The van der Waals surface area contributed by atoms with Crippen molar-refractivity contribution < 1.29 is 23.0 Å². The molecule has 2 rings (SSSR count). The van der Waals surface area contributed by atoms with Gasteiger partial charge in [-0.2, -0.15) is 0 Å². The molecule has 0 saturated carbocycles. The van der Waals surface area contributed by atoms with E-state index in [9.17, 15) is 13.5 Å². The van der Waals surface area contributed by atoms with Crippen molar-refractivity contribution in [2.24, 2.45) is 4.99 Å². The van der Waals surface area contributed by atoms with Crippen molar-refractivity contribution >= 4 is 44.8 Å². The Morgan fingerprint density at radius 3 is 2.52 bits per heavy atom. The van der Waals surface area contributed by atoms with Crippen LogP contribution in [0.4, 0.5) is 5.69 Å². The molecule has 0 unspecified atom stereocenters. The van der Waals surface area contributed by atoms with Crippen LogP contribution in [0, 0.1) is 0 Å². The first-order valence-corrected chi connectivity index (χ1v) is 9.90. The van der Waals surface area contributed by atoms with Crippen molar-refractivity contribution in [1.82, 2.24) is 0 Å². The van der Waals surface area contributed by atoms with Gasteiger partial charge in [0.25, 0.3) is 10.0 Å². The Kier molecular flexibility index (Phi) is 7.32. The van der Waals surface area contributed by atoms with Gasteiger partial charge in [0, 0.05) is 12.7 Å². The normalized spacial score (nSPS) is 12.1. The second kappa shape index (κ2) is 9.27. The molecule has 10 heteroatoms. The van der Waals surface area contributed by atoms with Gasteiger partial charge in [0.1, 0.15) is 15.7 Å². The molecule has 2 aromatic rings. The third-order valence-corrected chi connectivity index (χ3v) is 5.86. The van der Waals surface area contributed by atoms with E-state index >= 15 is 0 Å². The molecule has 0 spiro atoms. The lowest BCUT2D eigenvalue weighted by Crippen LogP contribution is -2.23. The van der Waals surface area contributed by atoms with Gasteiger partial charge in [0.2, 0.25) is 0 Å². The summed E-state index contributed by atoms with van der Waals surface area (Å²) in [7, 11) is -1.23. The van der Waals surface area contributed by atoms with Gasteiger partial charge in [-0.1, -0.05) is 41.4 Å². The summed E-state index contributed by atoms with van der Waals surface area (Å²) < 4.78 is 37.7. The maximum atomic E-state index is 12.8. The van der Waals surface area contributed by atoms with Crippen molar-refractivity contribution in [3.63, 3.8) is 0 Å². The zero-order valence-electron chi connectivity index (χ0n) is 14.5. The van der Waals surface area contributed by atoms with Crippen LogP contribution < -0.4 is 14.6 Å². The molecule has 0 aliphatic heterocycles. The number of sulfonamides is 1. The average molecular weight is 432 g/mol. The fraction of sp³-hybridized carbons (Fsp3) is 0.235. The molecule has 1 N–H and O–H groups in total. The molecule has 0 aliphatic rings. The fourth-order valence-electron chi connectivity index (χ4n) is 2.16. The monoisotopic (exact) mass is 431 g/mol. The summed E-state index contributed by atoms with van der Waals surface area (Å²) >= 11 is 12.1. The minimum atomic E-state index is -4.11. The molecule has 0 aromatic heterocycles. The Balaban J connectivity index is 2.40. The molecular formula is C17H17Cl2N2O5S-. The lowest BCUT2D eigenvalue weighted by atomic mass is 10.2. The van der Waals surface area contributed by atoms with E-state index < -0.39 is 15.9 Å². The molecule has 7 nitrogen and oxygen atoms in total. The van der Waals surface area contributed by atoms with Crippen LogP contribution in [0.1, 0.15) is 5.56 Å². The highest BCUT2D eigenvalue weighted by atomic mass is 35.5. The van der Waals surface area contributed by atoms with Gasteiger partial charge in [0.15, 0.2) is 0 Å². The van der Waals surface area contributed by atoms with Crippen molar-refractivity contribution in [3.05, 3.63) is 52.0 Å². The predicted molar refractivity (Wildman–Crippen MR) is 104 cm³/mol. The van der Waals surface area contributed by atoms with Crippen LogP contribution in [0.5, 0.6) is 5.75 Å². The van der Waals surface area contributed by atoms with E-state index in [1.54, 1.807) is 12.1 Å². The number of halogens is 2. The number of nitrogens with one attached hydrogen (secondary N) is 1. The number of anilines is 1. The minimum Gasteiger partial charge on any atom is -0.858 e. The zero-order chi connectivity index (χ0) is 20.0. The summed E-state index contributed by atoms with van der Waals surface area (Å²) in [5.41, 5.74) is 0.180. The first-order valence-electron chi connectivity index (χ1n) is 7.66. The molecule has 0 radical (unpaired) electrons. The molecule has 27 heavy (non-hydrogen) atoms. The predicted octanol–water partition coefficient (Wildman–Crippen LogP) is 2.56. The Bertz CT molecular complexity index is 948. The highest BCUT2D eigenvalue weighted by Gasteiger charge is 2.22. The molecule has 0 fully saturated rings. The van der Waals surface area contributed by atoms with Gasteiger partial charge >= 0.3 is 0 Å². The van der Waals surface area contributed by atoms with Crippen LogP contribution in [0.15, 0.2) is 46.3 Å². The number of rotatable bonds is 8. The lowest BCUT2D eigenvalue weighted by Gasteiger charge is -2.18. The number of nitrogens with zero attached hydrogens (tertiary/aromatic N) is 1. The first-order chi connectivity index (χ1) is 12.8. The Hall–Kier alpha value is -2.00. The van der Waals surface area contributed by atoms with E-state index in [-0.39, 0.29) is 45.1 Å². The molecule has 2 aromatic carbocycles. The quantitative estimate of drug-likeness (QED) is 0.393. The molecule has 0 amide bonds. The van der Waals surface area contributed by atoms with Gasteiger partial charge in [-0.15, -0.1) is 0 Å². The highest BCUT2D eigenvalue weighted by Crippen LogP contribution is 2.37. The average Bonchev–Trinajstić information content (AvgIpc) is 2.64.